The van der Waals surface area contributed by atoms with Gasteiger partial charge in [-0.1, -0.05) is 6.07 Å². The minimum Gasteiger partial charge on any atom is -0.512 e. The van der Waals surface area contributed by atoms with E-state index in [1.165, 1.54) is 4.88 Å². The summed E-state index contributed by atoms with van der Waals surface area (Å²) >= 11 is 1.68. The number of rotatable bonds is 5. The van der Waals surface area contributed by atoms with E-state index in [-0.39, 0.29) is 11.5 Å². The van der Waals surface area contributed by atoms with E-state index in [0.717, 1.165) is 11.3 Å². The van der Waals surface area contributed by atoms with Gasteiger partial charge in [0, 0.05) is 34.2 Å². The molecule has 0 aliphatic rings. The van der Waals surface area contributed by atoms with E-state index < -0.39 is 0 Å². The molecule has 0 bridgehead atoms. The Morgan fingerprint density at radius 1 is 1.29 bits per heavy atom. The Morgan fingerprint density at radius 3 is 2.75 bits per heavy atom. The topological polar surface area (TPSA) is 96.4 Å². The third-order valence-corrected chi connectivity index (χ3v) is 5.41. The van der Waals surface area contributed by atoms with Gasteiger partial charge in [0.1, 0.15) is 11.6 Å². The van der Waals surface area contributed by atoms with E-state index in [4.69, 9.17) is 10.1 Å². The Bertz CT molecular complexity index is 1220. The highest BCUT2D eigenvalue weighted by molar-refractivity contribution is 7.09. The zero-order valence-corrected chi connectivity index (χ0v) is 16.5. The second-order valence-corrected chi connectivity index (χ2v) is 7.48. The van der Waals surface area contributed by atoms with Gasteiger partial charge in [0.25, 0.3) is 0 Å². The summed E-state index contributed by atoms with van der Waals surface area (Å²) in [4.78, 5) is 5.70. The van der Waals surface area contributed by atoms with Crippen molar-refractivity contribution in [1.82, 2.24) is 19.6 Å². The Labute approximate surface area is 165 Å². The van der Waals surface area contributed by atoms with Crippen LogP contribution < -0.4 is 4.74 Å². The van der Waals surface area contributed by atoms with Crippen LogP contribution in [0.4, 0.5) is 0 Å². The fraction of sp³-hybridized carbons (Fsp3) is 0.200. The molecule has 142 valence electrons. The van der Waals surface area contributed by atoms with Crippen LogP contribution in [0.25, 0.3) is 22.3 Å². The largest absolute Gasteiger partial charge is 0.512 e. The molecule has 4 aromatic rings. The van der Waals surface area contributed by atoms with Crippen molar-refractivity contribution < 1.29 is 9.84 Å². The maximum Gasteiger partial charge on any atom is 0.179 e. The number of hydrogen-bond acceptors (Lipinski definition) is 7. The first-order valence-corrected chi connectivity index (χ1v) is 9.56. The summed E-state index contributed by atoms with van der Waals surface area (Å²) in [5.41, 5.74) is 3.49. The van der Waals surface area contributed by atoms with Crippen LogP contribution in [-0.2, 0) is 6.42 Å². The first kappa shape index (κ1) is 18.1. The van der Waals surface area contributed by atoms with Gasteiger partial charge in [-0.25, -0.2) is 0 Å². The number of fused-ring (bicyclic) bond motifs is 3. The van der Waals surface area contributed by atoms with Crippen LogP contribution in [0.1, 0.15) is 30.1 Å². The number of nitrogens with zero attached hydrogens (tertiary/aromatic N) is 4. The van der Waals surface area contributed by atoms with Gasteiger partial charge in [-0.05, 0) is 31.4 Å². The maximum absolute atomic E-state index is 10.1. The quantitative estimate of drug-likeness (QED) is 0.390. The third kappa shape index (κ3) is 3.01. The number of allylic oxidation sites excluding steroid dienone is 2. The molecule has 0 saturated heterocycles. The molecular weight excluding hydrogens is 374 g/mol. The average Bonchev–Trinajstić information content (AvgIpc) is 3.31. The van der Waals surface area contributed by atoms with E-state index >= 15 is 0 Å². The van der Waals surface area contributed by atoms with Gasteiger partial charge in [-0.3, -0.25) is 9.38 Å². The molecule has 0 atom stereocenters. The summed E-state index contributed by atoms with van der Waals surface area (Å²) in [7, 11) is 1.57. The molecule has 0 radical (unpaired) electrons. The van der Waals surface area contributed by atoms with Crippen molar-refractivity contribution >= 4 is 39.3 Å². The van der Waals surface area contributed by atoms with Crippen molar-refractivity contribution in [2.24, 2.45) is 0 Å². The van der Waals surface area contributed by atoms with E-state index in [1.54, 1.807) is 38.5 Å². The molecular formula is C20H19N5O2S. The van der Waals surface area contributed by atoms with E-state index in [0.29, 0.717) is 34.5 Å². The van der Waals surface area contributed by atoms with Crippen molar-refractivity contribution in [2.75, 3.05) is 7.11 Å². The first-order chi connectivity index (χ1) is 13.5. The van der Waals surface area contributed by atoms with Crippen LogP contribution in [0.5, 0.6) is 5.75 Å². The monoisotopic (exact) mass is 393 g/mol. The predicted molar refractivity (Wildman–Crippen MR) is 111 cm³/mol. The van der Waals surface area contributed by atoms with Crippen LogP contribution in [0, 0.1) is 5.41 Å². The number of nitrogens with one attached hydrogen (secondary N) is 1. The van der Waals surface area contributed by atoms with Crippen molar-refractivity contribution in [1.29, 1.82) is 5.41 Å². The molecule has 0 fully saturated rings. The summed E-state index contributed by atoms with van der Waals surface area (Å²) in [5, 5.41) is 28.8. The normalized spacial score (nSPS) is 12.4. The Morgan fingerprint density at radius 2 is 2.11 bits per heavy atom. The molecule has 0 amide bonds. The number of aliphatic hydroxyl groups excluding tert-OH is 1. The van der Waals surface area contributed by atoms with Crippen LogP contribution in [0.15, 0.2) is 41.6 Å². The molecule has 2 N–H and O–H groups in total. The van der Waals surface area contributed by atoms with Gasteiger partial charge in [0.2, 0.25) is 0 Å². The highest BCUT2D eigenvalue weighted by Crippen LogP contribution is 2.33. The summed E-state index contributed by atoms with van der Waals surface area (Å²) in [6.45, 7) is 3.20. The number of methoxy groups -OCH3 is 1. The smallest absolute Gasteiger partial charge is 0.179 e. The molecule has 0 aliphatic heterocycles. The summed E-state index contributed by atoms with van der Waals surface area (Å²) < 4.78 is 7.56. The zero-order valence-electron chi connectivity index (χ0n) is 15.7. The van der Waals surface area contributed by atoms with Crippen LogP contribution >= 0.6 is 11.3 Å². The number of hydrogen-bond donors (Lipinski definition) is 2. The second kappa shape index (κ2) is 7.05. The van der Waals surface area contributed by atoms with Gasteiger partial charge < -0.3 is 15.3 Å². The van der Waals surface area contributed by atoms with Gasteiger partial charge in [0.15, 0.2) is 5.65 Å². The Hall–Kier alpha value is -3.26. The molecule has 0 saturated carbocycles. The fourth-order valence-corrected chi connectivity index (χ4v) is 4.06. The van der Waals surface area contributed by atoms with Crippen LogP contribution in [0.3, 0.4) is 0 Å². The lowest BCUT2D eigenvalue weighted by molar-refractivity contribution is 0.409. The molecule has 3 aromatic heterocycles. The van der Waals surface area contributed by atoms with Gasteiger partial charge in [0.05, 0.1) is 30.1 Å². The standard InChI is InChI=1S/C20H19N5O2S/c1-11(21)20(12(2)26)14-8-15-16(9-17(14)27-3)25-18(7-13-5-4-6-28-13)23-24-19(25)10-22-15/h4-6,8-10,21,26H,7H2,1-3H3/b20-12+,21-11?. The fourth-order valence-electron chi connectivity index (χ4n) is 3.36. The Balaban J connectivity index is 1.98. The third-order valence-electron chi connectivity index (χ3n) is 4.53. The van der Waals surface area contributed by atoms with Crippen molar-refractivity contribution in [2.45, 2.75) is 20.3 Å². The minimum absolute atomic E-state index is 0.0638. The zero-order chi connectivity index (χ0) is 19.8. The average molecular weight is 393 g/mol. The highest BCUT2D eigenvalue weighted by Gasteiger charge is 2.18. The van der Waals surface area contributed by atoms with E-state index in [1.807, 2.05) is 28.0 Å². The van der Waals surface area contributed by atoms with E-state index in [2.05, 4.69) is 21.2 Å². The van der Waals surface area contributed by atoms with Gasteiger partial charge >= 0.3 is 0 Å². The molecule has 4 rings (SSSR count). The van der Waals surface area contributed by atoms with Crippen molar-refractivity contribution in [3.05, 3.63) is 57.9 Å². The molecule has 3 heterocycles. The molecule has 8 heteroatoms. The number of aromatic nitrogens is 4. The number of ether oxygens (including phenoxy) is 1. The molecule has 0 unspecified atom stereocenters. The number of thiophene rings is 1. The van der Waals surface area contributed by atoms with Crippen LogP contribution in [0.2, 0.25) is 0 Å². The van der Waals surface area contributed by atoms with Gasteiger partial charge in [-0.15, -0.1) is 21.5 Å². The lowest BCUT2D eigenvalue weighted by Crippen LogP contribution is -2.04. The summed E-state index contributed by atoms with van der Waals surface area (Å²) in [6, 6.07) is 7.78. The van der Waals surface area contributed by atoms with Crippen LogP contribution in [-0.4, -0.2) is 37.5 Å². The highest BCUT2D eigenvalue weighted by atomic mass is 32.1. The SMILES string of the molecule is COc1cc2c(cc1/C(C(C)=N)=C(\C)O)ncc1nnc(Cc3cccs3)n12. The molecule has 7 nitrogen and oxygen atoms in total. The van der Waals surface area contributed by atoms with Crippen molar-refractivity contribution in [3.63, 3.8) is 0 Å². The van der Waals surface area contributed by atoms with Crippen molar-refractivity contribution in [3.8, 4) is 5.75 Å². The number of benzene rings is 1. The second-order valence-electron chi connectivity index (χ2n) is 6.45. The minimum atomic E-state index is 0.0638. The van der Waals surface area contributed by atoms with E-state index in [9.17, 15) is 5.11 Å². The lowest BCUT2D eigenvalue weighted by atomic mass is 9.99. The lowest BCUT2D eigenvalue weighted by Gasteiger charge is -2.14. The van der Waals surface area contributed by atoms with Gasteiger partial charge in [-0.2, -0.15) is 0 Å². The number of aliphatic hydroxyl groups is 1. The molecule has 28 heavy (non-hydrogen) atoms. The molecule has 1 aromatic carbocycles. The molecule has 0 aliphatic carbocycles. The Kier molecular flexibility index (Phi) is 4.56. The summed E-state index contributed by atoms with van der Waals surface area (Å²) in [6.07, 6.45) is 2.35. The predicted octanol–water partition coefficient (Wildman–Crippen LogP) is 4.27. The summed E-state index contributed by atoms with van der Waals surface area (Å²) in [5.74, 6) is 1.43. The molecule has 0 spiro atoms. The maximum atomic E-state index is 10.1. The first-order valence-electron chi connectivity index (χ1n) is 8.68.